The van der Waals surface area contributed by atoms with E-state index < -0.39 is 20.5 Å². The Hall–Kier alpha value is -3.43. The Balaban J connectivity index is 1.30. The standard InChI is InChI=1S/C27H30N2O6S/c28-26(32)27(13-15-35-16-14-27)36(33,34)22-11-9-19(10-12-22)5-1-4-8-25(31)29-23-17-20-6-2-3-7-21(20)18-24(23)30/h2-3,6-7,9-12,17-18,30H,1,4-5,8,13-16H2,(H2,28,32)(H,29,31). The normalized spacial score (nSPS) is 15.4. The number of fused-ring (bicyclic) bond motifs is 1. The van der Waals surface area contributed by atoms with Gasteiger partial charge >= 0.3 is 0 Å². The highest BCUT2D eigenvalue weighted by molar-refractivity contribution is 7.93. The number of aromatic hydroxyl groups is 1. The van der Waals surface area contributed by atoms with Crippen molar-refractivity contribution in [2.45, 2.75) is 48.2 Å². The van der Waals surface area contributed by atoms with Crippen LogP contribution in [0.5, 0.6) is 5.75 Å². The van der Waals surface area contributed by atoms with Crippen molar-refractivity contribution in [2.24, 2.45) is 5.73 Å². The number of phenols is 1. The molecule has 9 heteroatoms. The molecule has 0 saturated carbocycles. The largest absolute Gasteiger partial charge is 0.506 e. The maximum Gasteiger partial charge on any atom is 0.239 e. The van der Waals surface area contributed by atoms with Crippen molar-refractivity contribution in [2.75, 3.05) is 18.5 Å². The predicted octanol–water partition coefficient (Wildman–Crippen LogP) is 3.71. The minimum Gasteiger partial charge on any atom is -0.506 e. The van der Waals surface area contributed by atoms with Gasteiger partial charge in [-0.05, 0) is 72.7 Å². The Labute approximate surface area is 210 Å². The number of nitrogens with two attached hydrogens (primary N) is 1. The first-order chi connectivity index (χ1) is 17.2. The van der Waals surface area contributed by atoms with Crippen LogP contribution >= 0.6 is 0 Å². The molecule has 4 rings (SSSR count). The zero-order valence-corrected chi connectivity index (χ0v) is 20.7. The van der Waals surface area contributed by atoms with Gasteiger partial charge in [-0.1, -0.05) is 36.4 Å². The molecule has 1 fully saturated rings. The fourth-order valence-electron chi connectivity index (χ4n) is 4.57. The second-order valence-corrected chi connectivity index (χ2v) is 11.3. The van der Waals surface area contributed by atoms with Crippen molar-refractivity contribution in [3.8, 4) is 5.75 Å². The molecule has 3 aromatic carbocycles. The number of hydrogen-bond donors (Lipinski definition) is 3. The molecule has 0 spiro atoms. The minimum atomic E-state index is -3.95. The lowest BCUT2D eigenvalue weighted by molar-refractivity contribution is -0.123. The summed E-state index contributed by atoms with van der Waals surface area (Å²) in [4.78, 5) is 24.6. The molecule has 0 bridgehead atoms. The highest BCUT2D eigenvalue weighted by Crippen LogP contribution is 2.35. The number of phenolic OH excluding ortho intramolecular Hbond substituents is 1. The van der Waals surface area contributed by atoms with Crippen LogP contribution in [-0.4, -0.2) is 43.3 Å². The van der Waals surface area contributed by atoms with Crippen molar-refractivity contribution in [3.63, 3.8) is 0 Å². The van der Waals surface area contributed by atoms with Gasteiger partial charge in [0.05, 0.1) is 10.6 Å². The average Bonchev–Trinajstić information content (AvgIpc) is 2.87. The van der Waals surface area contributed by atoms with E-state index in [1.165, 1.54) is 12.1 Å². The molecule has 36 heavy (non-hydrogen) atoms. The average molecular weight is 511 g/mol. The molecule has 0 radical (unpaired) electrons. The van der Waals surface area contributed by atoms with Gasteiger partial charge in [-0.3, -0.25) is 9.59 Å². The lowest BCUT2D eigenvalue weighted by atomic mass is 9.98. The van der Waals surface area contributed by atoms with Gasteiger partial charge in [0.1, 0.15) is 5.75 Å². The topological polar surface area (TPSA) is 136 Å². The van der Waals surface area contributed by atoms with E-state index in [1.807, 2.05) is 24.3 Å². The van der Waals surface area contributed by atoms with Gasteiger partial charge in [0.2, 0.25) is 11.8 Å². The molecule has 8 nitrogen and oxygen atoms in total. The fraction of sp³-hybridized carbons (Fsp3) is 0.333. The lowest BCUT2D eigenvalue weighted by Gasteiger charge is -2.33. The number of benzene rings is 3. The summed E-state index contributed by atoms with van der Waals surface area (Å²) in [6, 6.07) is 17.5. The van der Waals surface area contributed by atoms with Crippen LogP contribution in [0.15, 0.2) is 65.6 Å². The van der Waals surface area contributed by atoms with Crippen LogP contribution in [0.4, 0.5) is 5.69 Å². The molecule has 190 valence electrons. The van der Waals surface area contributed by atoms with Gasteiger partial charge < -0.3 is 20.9 Å². The molecule has 2 amide bonds. The Morgan fingerprint density at radius 2 is 1.61 bits per heavy atom. The molecule has 4 N–H and O–H groups in total. The summed E-state index contributed by atoms with van der Waals surface area (Å²) in [7, 11) is -3.95. The fourth-order valence-corrected chi connectivity index (χ4v) is 6.48. The Morgan fingerprint density at radius 3 is 2.25 bits per heavy atom. The van der Waals surface area contributed by atoms with Crippen molar-refractivity contribution < 1.29 is 27.9 Å². The predicted molar refractivity (Wildman–Crippen MR) is 137 cm³/mol. The van der Waals surface area contributed by atoms with Crippen molar-refractivity contribution in [1.29, 1.82) is 0 Å². The highest BCUT2D eigenvalue weighted by atomic mass is 32.2. The smallest absolute Gasteiger partial charge is 0.239 e. The van der Waals surface area contributed by atoms with E-state index in [0.29, 0.717) is 24.9 Å². The number of hydrogen-bond acceptors (Lipinski definition) is 6. The quantitative estimate of drug-likeness (QED) is 0.297. The van der Waals surface area contributed by atoms with Crippen LogP contribution in [0.1, 0.15) is 37.7 Å². The van der Waals surface area contributed by atoms with E-state index in [9.17, 15) is 23.1 Å². The van der Waals surface area contributed by atoms with Crippen LogP contribution < -0.4 is 11.1 Å². The molecule has 0 aromatic heterocycles. The third kappa shape index (κ3) is 5.22. The van der Waals surface area contributed by atoms with Crippen LogP contribution in [0.25, 0.3) is 10.8 Å². The van der Waals surface area contributed by atoms with E-state index in [0.717, 1.165) is 22.8 Å². The molecular formula is C27H30N2O6S. The third-order valence-electron chi connectivity index (χ3n) is 6.75. The first-order valence-corrected chi connectivity index (χ1v) is 13.4. The minimum absolute atomic E-state index is 0.0240. The van der Waals surface area contributed by atoms with Gasteiger partial charge in [-0.2, -0.15) is 0 Å². The molecule has 3 aromatic rings. The number of ether oxygens (including phenoxy) is 1. The van der Waals surface area contributed by atoms with E-state index >= 15 is 0 Å². The zero-order chi connectivity index (χ0) is 25.8. The first-order valence-electron chi connectivity index (χ1n) is 12.0. The van der Waals surface area contributed by atoms with Gasteiger partial charge in [-0.25, -0.2) is 8.42 Å². The highest BCUT2D eigenvalue weighted by Gasteiger charge is 2.51. The van der Waals surface area contributed by atoms with E-state index in [-0.39, 0.29) is 42.6 Å². The number of anilines is 1. The lowest BCUT2D eigenvalue weighted by Crippen LogP contribution is -2.53. The van der Waals surface area contributed by atoms with E-state index in [4.69, 9.17) is 10.5 Å². The number of amides is 2. The molecule has 0 unspecified atom stereocenters. The third-order valence-corrected chi connectivity index (χ3v) is 9.29. The van der Waals surface area contributed by atoms with Crippen molar-refractivity contribution in [3.05, 3.63) is 66.2 Å². The summed E-state index contributed by atoms with van der Waals surface area (Å²) in [5, 5.41) is 14.8. The number of nitrogens with one attached hydrogen (secondary N) is 1. The Bertz CT molecular complexity index is 1360. The van der Waals surface area contributed by atoms with Gasteiger partial charge in [0.25, 0.3) is 0 Å². The summed E-state index contributed by atoms with van der Waals surface area (Å²) >= 11 is 0. The number of primary amides is 1. The number of sulfone groups is 1. The van der Waals surface area contributed by atoms with Crippen LogP contribution in [-0.2, 0) is 30.6 Å². The zero-order valence-electron chi connectivity index (χ0n) is 19.9. The molecule has 1 saturated heterocycles. The van der Waals surface area contributed by atoms with E-state index in [1.54, 1.807) is 24.3 Å². The van der Waals surface area contributed by atoms with Gasteiger partial charge in [-0.15, -0.1) is 0 Å². The van der Waals surface area contributed by atoms with E-state index in [2.05, 4.69) is 5.32 Å². The summed E-state index contributed by atoms with van der Waals surface area (Å²) in [6.07, 6.45) is 2.42. The maximum atomic E-state index is 13.2. The number of aryl methyl sites for hydroxylation is 1. The van der Waals surface area contributed by atoms with Gasteiger partial charge in [0, 0.05) is 19.6 Å². The Kier molecular flexibility index (Phi) is 7.61. The number of rotatable bonds is 9. The van der Waals surface area contributed by atoms with Crippen molar-refractivity contribution in [1.82, 2.24) is 0 Å². The molecular weight excluding hydrogens is 480 g/mol. The summed E-state index contributed by atoms with van der Waals surface area (Å²) in [5.41, 5.74) is 6.84. The second-order valence-electron chi connectivity index (χ2n) is 9.09. The summed E-state index contributed by atoms with van der Waals surface area (Å²) < 4.78 is 30.1. The molecule has 0 aliphatic carbocycles. The first kappa shape index (κ1) is 25.7. The Morgan fingerprint density at radius 1 is 0.972 bits per heavy atom. The van der Waals surface area contributed by atoms with Crippen LogP contribution in [0.2, 0.25) is 0 Å². The van der Waals surface area contributed by atoms with Crippen molar-refractivity contribution >= 4 is 38.1 Å². The summed E-state index contributed by atoms with van der Waals surface area (Å²) in [6.45, 7) is 0.350. The monoisotopic (exact) mass is 510 g/mol. The van der Waals surface area contributed by atoms with Crippen LogP contribution in [0.3, 0.4) is 0 Å². The molecule has 1 aliphatic heterocycles. The molecule has 1 aliphatic rings. The summed E-state index contributed by atoms with van der Waals surface area (Å²) in [5.74, 6) is -1.00. The second kappa shape index (κ2) is 10.7. The molecule has 1 heterocycles. The number of unbranched alkanes of at least 4 members (excludes halogenated alkanes) is 1. The molecule has 0 atom stereocenters. The maximum absolute atomic E-state index is 13.2. The van der Waals surface area contributed by atoms with Crippen LogP contribution in [0, 0.1) is 0 Å². The number of carbonyl (C=O) groups excluding carboxylic acids is 2. The SMILES string of the molecule is NC(=O)C1(S(=O)(=O)c2ccc(CCCCC(=O)Nc3cc4ccccc4cc3O)cc2)CCOCC1. The van der Waals surface area contributed by atoms with Gasteiger partial charge in [0.15, 0.2) is 14.6 Å². The number of carbonyl (C=O) groups is 2.